The lowest BCUT2D eigenvalue weighted by Crippen LogP contribution is -2.30. The third-order valence-electron chi connectivity index (χ3n) is 2.95. The van der Waals surface area contributed by atoms with E-state index in [-0.39, 0.29) is 18.2 Å². The SMILES string of the molecule is O=C(NCC(=O)c1cnc2ncccn12)c1cc(Br)c(Br)[nH]1. The molecule has 2 N–H and O–H groups in total. The van der Waals surface area contributed by atoms with Crippen LogP contribution in [0.5, 0.6) is 0 Å². The van der Waals surface area contributed by atoms with Crippen LogP contribution >= 0.6 is 31.9 Å². The maximum absolute atomic E-state index is 12.2. The maximum Gasteiger partial charge on any atom is 0.268 e. The molecule has 0 saturated heterocycles. The molecule has 112 valence electrons. The van der Waals surface area contributed by atoms with Gasteiger partial charge in [-0.25, -0.2) is 9.97 Å². The number of amides is 1. The average Bonchev–Trinajstić information content (AvgIpc) is 3.09. The van der Waals surface area contributed by atoms with Gasteiger partial charge >= 0.3 is 0 Å². The molecule has 0 bridgehead atoms. The lowest BCUT2D eigenvalue weighted by molar-refractivity contribution is 0.0899. The molecule has 3 aromatic heterocycles. The highest BCUT2D eigenvalue weighted by atomic mass is 79.9. The molecular weight excluding hydrogens is 418 g/mol. The number of fused-ring (bicyclic) bond motifs is 1. The Morgan fingerprint density at radius 2 is 2.14 bits per heavy atom. The molecule has 1 amide bonds. The Balaban J connectivity index is 1.71. The van der Waals surface area contributed by atoms with Crippen LogP contribution in [0.3, 0.4) is 0 Å². The number of hydrogen-bond donors (Lipinski definition) is 2. The summed E-state index contributed by atoms with van der Waals surface area (Å²) in [6, 6.07) is 3.33. The summed E-state index contributed by atoms with van der Waals surface area (Å²) in [6.45, 7) is -0.129. The molecule has 0 saturated carbocycles. The normalized spacial score (nSPS) is 10.8. The van der Waals surface area contributed by atoms with Gasteiger partial charge in [0.1, 0.15) is 11.4 Å². The summed E-state index contributed by atoms with van der Waals surface area (Å²) < 4.78 is 2.98. The van der Waals surface area contributed by atoms with Gasteiger partial charge in [-0.15, -0.1) is 0 Å². The van der Waals surface area contributed by atoms with Crippen LogP contribution in [0.4, 0.5) is 0 Å². The summed E-state index contributed by atoms with van der Waals surface area (Å²) in [4.78, 5) is 35.1. The topological polar surface area (TPSA) is 92.2 Å². The number of hydrogen-bond acceptors (Lipinski definition) is 4. The fraction of sp³-hybridized carbons (Fsp3) is 0.0769. The number of aromatic amines is 1. The Hall–Kier alpha value is -2.00. The van der Waals surface area contributed by atoms with E-state index in [9.17, 15) is 9.59 Å². The van der Waals surface area contributed by atoms with Crippen molar-refractivity contribution < 1.29 is 9.59 Å². The molecule has 3 heterocycles. The van der Waals surface area contributed by atoms with Gasteiger partial charge in [0.25, 0.3) is 5.91 Å². The third-order valence-corrected chi connectivity index (χ3v) is 4.74. The van der Waals surface area contributed by atoms with E-state index in [0.717, 1.165) is 4.47 Å². The zero-order chi connectivity index (χ0) is 15.7. The smallest absolute Gasteiger partial charge is 0.268 e. The first-order valence-electron chi connectivity index (χ1n) is 6.20. The number of nitrogens with one attached hydrogen (secondary N) is 2. The zero-order valence-electron chi connectivity index (χ0n) is 11.0. The van der Waals surface area contributed by atoms with Crippen molar-refractivity contribution in [1.29, 1.82) is 0 Å². The van der Waals surface area contributed by atoms with Crippen molar-refractivity contribution in [1.82, 2.24) is 24.7 Å². The van der Waals surface area contributed by atoms with Gasteiger partial charge in [0.15, 0.2) is 5.78 Å². The standard InChI is InChI=1S/C13H9Br2N5O2/c14-7-4-8(19-11(7)15)12(22)17-6-10(21)9-5-18-13-16-2-1-3-20(9)13/h1-5,19H,6H2,(H,17,22). The molecule has 0 aliphatic rings. The molecule has 9 heteroatoms. The minimum atomic E-state index is -0.369. The van der Waals surface area contributed by atoms with Crippen molar-refractivity contribution in [3.63, 3.8) is 0 Å². The van der Waals surface area contributed by atoms with Gasteiger partial charge in [-0.1, -0.05) is 0 Å². The number of nitrogens with zero attached hydrogens (tertiary/aromatic N) is 3. The Labute approximate surface area is 141 Å². The van der Waals surface area contributed by atoms with Crippen LogP contribution in [0.1, 0.15) is 21.0 Å². The van der Waals surface area contributed by atoms with Crippen molar-refractivity contribution >= 4 is 49.3 Å². The van der Waals surface area contributed by atoms with E-state index in [2.05, 4.69) is 52.1 Å². The van der Waals surface area contributed by atoms with Crippen LogP contribution < -0.4 is 5.32 Å². The summed E-state index contributed by atoms with van der Waals surface area (Å²) in [5.41, 5.74) is 0.726. The lowest BCUT2D eigenvalue weighted by atomic mass is 10.3. The van der Waals surface area contributed by atoms with Crippen LogP contribution in [0.25, 0.3) is 5.78 Å². The minimum Gasteiger partial charge on any atom is -0.344 e. The molecule has 0 aliphatic heterocycles. The van der Waals surface area contributed by atoms with Gasteiger partial charge in [-0.3, -0.25) is 14.0 Å². The first-order chi connectivity index (χ1) is 10.6. The van der Waals surface area contributed by atoms with Gasteiger partial charge in [0.2, 0.25) is 5.78 Å². The van der Waals surface area contributed by atoms with Crippen molar-refractivity contribution in [3.05, 3.63) is 51.2 Å². The average molecular weight is 427 g/mol. The van der Waals surface area contributed by atoms with E-state index < -0.39 is 0 Å². The van der Waals surface area contributed by atoms with Crippen molar-refractivity contribution in [2.45, 2.75) is 0 Å². The largest absolute Gasteiger partial charge is 0.344 e. The van der Waals surface area contributed by atoms with E-state index in [0.29, 0.717) is 21.8 Å². The van der Waals surface area contributed by atoms with Gasteiger partial charge in [0, 0.05) is 12.4 Å². The molecule has 3 rings (SSSR count). The van der Waals surface area contributed by atoms with E-state index in [1.165, 1.54) is 6.20 Å². The van der Waals surface area contributed by atoms with Crippen LogP contribution in [-0.4, -0.2) is 37.6 Å². The Bertz CT molecular complexity index is 851. The molecule has 0 spiro atoms. The lowest BCUT2D eigenvalue weighted by Gasteiger charge is -2.03. The number of rotatable bonds is 4. The number of H-pyrrole nitrogens is 1. The predicted octanol–water partition coefficient (Wildman–Crippen LogP) is 2.20. The summed E-state index contributed by atoms with van der Waals surface area (Å²) in [7, 11) is 0. The summed E-state index contributed by atoms with van der Waals surface area (Å²) in [6.07, 6.45) is 4.74. The minimum absolute atomic E-state index is 0.129. The zero-order valence-corrected chi connectivity index (χ0v) is 14.2. The van der Waals surface area contributed by atoms with Crippen LogP contribution in [0.15, 0.2) is 39.8 Å². The second-order valence-corrected chi connectivity index (χ2v) is 6.03. The van der Waals surface area contributed by atoms with Crippen molar-refractivity contribution in [2.75, 3.05) is 6.54 Å². The second kappa shape index (κ2) is 6.01. The third kappa shape index (κ3) is 2.81. The van der Waals surface area contributed by atoms with E-state index in [1.54, 1.807) is 28.9 Å². The molecule has 0 unspecified atom stereocenters. The van der Waals surface area contributed by atoms with Crippen molar-refractivity contribution in [2.24, 2.45) is 0 Å². The quantitative estimate of drug-likeness (QED) is 0.625. The first-order valence-corrected chi connectivity index (χ1v) is 7.78. The molecular formula is C13H9Br2N5O2. The summed E-state index contributed by atoms with van der Waals surface area (Å²) >= 11 is 6.53. The van der Waals surface area contributed by atoms with Crippen LogP contribution in [0.2, 0.25) is 0 Å². The van der Waals surface area contributed by atoms with Crippen LogP contribution in [0, 0.1) is 0 Å². The van der Waals surface area contributed by atoms with Crippen molar-refractivity contribution in [3.8, 4) is 0 Å². The fourth-order valence-corrected chi connectivity index (χ4v) is 2.56. The van der Waals surface area contributed by atoms with E-state index in [4.69, 9.17) is 0 Å². The Morgan fingerprint density at radius 3 is 2.86 bits per heavy atom. The molecule has 0 radical (unpaired) electrons. The van der Waals surface area contributed by atoms with Gasteiger partial charge in [-0.05, 0) is 44.0 Å². The highest BCUT2D eigenvalue weighted by Crippen LogP contribution is 2.22. The number of imidazole rings is 1. The highest BCUT2D eigenvalue weighted by Gasteiger charge is 2.15. The van der Waals surface area contributed by atoms with Crippen LogP contribution in [-0.2, 0) is 0 Å². The molecule has 0 aromatic carbocycles. The Morgan fingerprint density at radius 1 is 1.32 bits per heavy atom. The molecule has 7 nitrogen and oxygen atoms in total. The second-order valence-electron chi connectivity index (χ2n) is 4.38. The number of halogens is 2. The number of carbonyl (C=O) groups is 2. The number of ketones is 1. The fourth-order valence-electron chi connectivity index (χ4n) is 1.91. The first kappa shape index (κ1) is 14.9. The summed E-state index contributed by atoms with van der Waals surface area (Å²) in [5.74, 6) is -0.181. The summed E-state index contributed by atoms with van der Waals surface area (Å²) in [5, 5.41) is 2.57. The molecule has 0 atom stereocenters. The number of carbonyl (C=O) groups excluding carboxylic acids is 2. The maximum atomic E-state index is 12.2. The Kier molecular flexibility index (Phi) is 4.08. The van der Waals surface area contributed by atoms with Gasteiger partial charge in [-0.2, -0.15) is 0 Å². The highest BCUT2D eigenvalue weighted by molar-refractivity contribution is 9.13. The predicted molar refractivity (Wildman–Crippen MR) is 85.8 cm³/mol. The number of aromatic nitrogens is 4. The van der Waals surface area contributed by atoms with Gasteiger partial charge in [0.05, 0.1) is 21.8 Å². The number of Topliss-reactive ketones (excluding diaryl/α,β-unsaturated/α-hetero) is 1. The molecule has 3 aromatic rings. The van der Waals surface area contributed by atoms with E-state index in [1.807, 2.05) is 0 Å². The monoisotopic (exact) mass is 425 g/mol. The molecule has 0 aliphatic carbocycles. The molecule has 0 fully saturated rings. The molecule has 22 heavy (non-hydrogen) atoms. The van der Waals surface area contributed by atoms with E-state index >= 15 is 0 Å². The van der Waals surface area contributed by atoms with Gasteiger partial charge < -0.3 is 10.3 Å².